The van der Waals surface area contributed by atoms with Crippen LogP contribution in [0.2, 0.25) is 0 Å². The lowest BCUT2D eigenvalue weighted by Crippen LogP contribution is -2.17. The zero-order valence-electron chi connectivity index (χ0n) is 10.3. The van der Waals surface area contributed by atoms with Crippen molar-refractivity contribution in [3.05, 3.63) is 23.8 Å². The van der Waals surface area contributed by atoms with E-state index in [1.54, 1.807) is 12.2 Å². The van der Waals surface area contributed by atoms with Gasteiger partial charge in [-0.25, -0.2) is 0 Å². The summed E-state index contributed by atoms with van der Waals surface area (Å²) in [5, 5.41) is 0. The maximum atomic E-state index is 11.6. The maximum Gasteiger partial charge on any atom is 0.155 e. The molecule has 88 valence electrons. The second-order valence-electron chi connectivity index (χ2n) is 4.90. The Hall–Kier alpha value is -1.18. The van der Waals surface area contributed by atoms with Crippen LogP contribution in [0.4, 0.5) is 0 Å². The van der Waals surface area contributed by atoms with Crippen molar-refractivity contribution in [1.82, 2.24) is 0 Å². The third-order valence-electron chi connectivity index (χ3n) is 2.96. The van der Waals surface area contributed by atoms with Crippen molar-refractivity contribution in [2.24, 2.45) is 11.8 Å². The second-order valence-corrected chi connectivity index (χ2v) is 4.90. The van der Waals surface area contributed by atoms with E-state index in [1.165, 1.54) is 0 Å². The summed E-state index contributed by atoms with van der Waals surface area (Å²) < 4.78 is 0. The van der Waals surface area contributed by atoms with Crippen LogP contribution < -0.4 is 0 Å². The molecular weight excluding hydrogens is 200 g/mol. The van der Waals surface area contributed by atoms with Gasteiger partial charge < -0.3 is 0 Å². The van der Waals surface area contributed by atoms with Gasteiger partial charge in [0.15, 0.2) is 11.6 Å². The SMILES string of the molecule is CC(C)=CC(=O)CC(C)[C@H]1C=CC(=O)CC1. The maximum absolute atomic E-state index is 11.6. The predicted molar refractivity (Wildman–Crippen MR) is 65.1 cm³/mol. The first kappa shape index (κ1) is 12.9. The highest BCUT2D eigenvalue weighted by molar-refractivity contribution is 5.91. The van der Waals surface area contributed by atoms with Crippen molar-refractivity contribution in [2.75, 3.05) is 0 Å². The van der Waals surface area contributed by atoms with Gasteiger partial charge in [-0.2, -0.15) is 0 Å². The smallest absolute Gasteiger partial charge is 0.155 e. The van der Waals surface area contributed by atoms with E-state index in [0.717, 1.165) is 12.0 Å². The van der Waals surface area contributed by atoms with Gasteiger partial charge in [-0.05, 0) is 44.3 Å². The van der Waals surface area contributed by atoms with E-state index in [2.05, 4.69) is 6.92 Å². The van der Waals surface area contributed by atoms with Crippen LogP contribution in [-0.4, -0.2) is 11.6 Å². The largest absolute Gasteiger partial charge is 0.295 e. The molecule has 1 aliphatic carbocycles. The molecule has 1 rings (SSSR count). The summed E-state index contributed by atoms with van der Waals surface area (Å²) in [5.74, 6) is 1.11. The minimum atomic E-state index is 0.192. The van der Waals surface area contributed by atoms with E-state index < -0.39 is 0 Å². The average Bonchev–Trinajstić information content (AvgIpc) is 2.16. The molecular formula is C14H20O2. The molecule has 2 atom stereocenters. The summed E-state index contributed by atoms with van der Waals surface area (Å²) in [7, 11) is 0. The molecule has 0 radical (unpaired) electrons. The van der Waals surface area contributed by atoms with E-state index in [1.807, 2.05) is 19.9 Å². The quantitative estimate of drug-likeness (QED) is 0.682. The highest BCUT2D eigenvalue weighted by Crippen LogP contribution is 2.25. The van der Waals surface area contributed by atoms with Crippen molar-refractivity contribution in [3.8, 4) is 0 Å². The third-order valence-corrected chi connectivity index (χ3v) is 2.96. The zero-order chi connectivity index (χ0) is 12.1. The van der Waals surface area contributed by atoms with Crippen molar-refractivity contribution in [1.29, 1.82) is 0 Å². The Morgan fingerprint density at radius 1 is 1.56 bits per heavy atom. The Kier molecular flexibility index (Phi) is 4.66. The molecule has 16 heavy (non-hydrogen) atoms. The first-order valence-electron chi connectivity index (χ1n) is 5.88. The van der Waals surface area contributed by atoms with E-state index in [4.69, 9.17) is 0 Å². The molecule has 0 fully saturated rings. The Bertz CT molecular complexity index is 333. The first-order chi connectivity index (χ1) is 7.49. The molecule has 0 aromatic rings. The molecule has 0 aromatic carbocycles. The number of carbonyl (C=O) groups excluding carboxylic acids is 2. The van der Waals surface area contributed by atoms with E-state index in [9.17, 15) is 9.59 Å². The topological polar surface area (TPSA) is 34.1 Å². The minimum Gasteiger partial charge on any atom is -0.295 e. The third kappa shape index (κ3) is 4.13. The molecule has 0 aromatic heterocycles. The number of hydrogen-bond donors (Lipinski definition) is 0. The van der Waals surface area contributed by atoms with Crippen LogP contribution in [0.15, 0.2) is 23.8 Å². The monoisotopic (exact) mass is 220 g/mol. The van der Waals surface area contributed by atoms with Gasteiger partial charge in [-0.15, -0.1) is 0 Å². The van der Waals surface area contributed by atoms with E-state index >= 15 is 0 Å². The molecule has 0 bridgehead atoms. The fourth-order valence-electron chi connectivity index (χ4n) is 2.04. The van der Waals surface area contributed by atoms with Gasteiger partial charge in [-0.3, -0.25) is 9.59 Å². The summed E-state index contributed by atoms with van der Waals surface area (Å²) in [4.78, 5) is 22.6. The predicted octanol–water partition coefficient (Wildman–Crippen LogP) is 3.08. The first-order valence-corrected chi connectivity index (χ1v) is 5.88. The van der Waals surface area contributed by atoms with Crippen LogP contribution in [0.5, 0.6) is 0 Å². The lowest BCUT2D eigenvalue weighted by molar-refractivity contribution is -0.115. The van der Waals surface area contributed by atoms with Gasteiger partial charge in [0, 0.05) is 12.8 Å². The number of ketones is 2. The van der Waals surface area contributed by atoms with Gasteiger partial charge in [0.2, 0.25) is 0 Å². The van der Waals surface area contributed by atoms with Crippen molar-refractivity contribution < 1.29 is 9.59 Å². The van der Waals surface area contributed by atoms with Crippen LogP contribution in [-0.2, 0) is 9.59 Å². The summed E-state index contributed by atoms with van der Waals surface area (Å²) in [6, 6.07) is 0. The highest BCUT2D eigenvalue weighted by atomic mass is 16.1. The van der Waals surface area contributed by atoms with Crippen LogP contribution in [0.25, 0.3) is 0 Å². The van der Waals surface area contributed by atoms with Crippen LogP contribution >= 0.6 is 0 Å². The van der Waals surface area contributed by atoms with E-state index in [-0.39, 0.29) is 11.6 Å². The van der Waals surface area contributed by atoms with Crippen LogP contribution in [0.3, 0.4) is 0 Å². The van der Waals surface area contributed by atoms with Gasteiger partial charge in [0.1, 0.15) is 0 Å². The second kappa shape index (κ2) is 5.78. The lowest BCUT2D eigenvalue weighted by Gasteiger charge is -2.21. The molecule has 2 nitrogen and oxygen atoms in total. The van der Waals surface area contributed by atoms with Crippen LogP contribution in [0, 0.1) is 11.8 Å². The van der Waals surface area contributed by atoms with Crippen molar-refractivity contribution in [3.63, 3.8) is 0 Å². The summed E-state index contributed by atoms with van der Waals surface area (Å²) in [6.45, 7) is 5.95. The fraction of sp³-hybridized carbons (Fsp3) is 0.571. The average molecular weight is 220 g/mol. The number of allylic oxidation sites excluding steroid dienone is 4. The molecule has 0 aliphatic heterocycles. The number of carbonyl (C=O) groups is 2. The summed E-state index contributed by atoms with van der Waals surface area (Å²) in [5.41, 5.74) is 1.05. The van der Waals surface area contributed by atoms with Crippen LogP contribution in [0.1, 0.15) is 40.0 Å². The number of hydrogen-bond acceptors (Lipinski definition) is 2. The minimum absolute atomic E-state index is 0.192. The van der Waals surface area contributed by atoms with Gasteiger partial charge in [-0.1, -0.05) is 18.6 Å². The molecule has 0 N–H and O–H groups in total. The van der Waals surface area contributed by atoms with Crippen molar-refractivity contribution >= 4 is 11.6 Å². The Labute approximate surface area is 97.4 Å². The lowest BCUT2D eigenvalue weighted by atomic mass is 9.82. The molecule has 0 saturated carbocycles. The molecule has 1 aliphatic rings. The number of rotatable bonds is 4. The molecule has 2 heteroatoms. The molecule has 0 saturated heterocycles. The molecule has 0 amide bonds. The van der Waals surface area contributed by atoms with Gasteiger partial charge >= 0.3 is 0 Å². The normalized spacial score (nSPS) is 21.7. The Balaban J connectivity index is 2.50. The Morgan fingerprint density at radius 3 is 2.75 bits per heavy atom. The Morgan fingerprint density at radius 2 is 2.25 bits per heavy atom. The van der Waals surface area contributed by atoms with E-state index in [0.29, 0.717) is 24.7 Å². The zero-order valence-corrected chi connectivity index (χ0v) is 10.3. The summed E-state index contributed by atoms with van der Waals surface area (Å²) >= 11 is 0. The van der Waals surface area contributed by atoms with Gasteiger partial charge in [0.05, 0.1) is 0 Å². The fourth-order valence-corrected chi connectivity index (χ4v) is 2.04. The molecule has 1 unspecified atom stereocenters. The molecule has 0 heterocycles. The highest BCUT2D eigenvalue weighted by Gasteiger charge is 2.20. The molecule has 0 spiro atoms. The van der Waals surface area contributed by atoms with Gasteiger partial charge in [0.25, 0.3) is 0 Å². The summed E-state index contributed by atoms with van der Waals surface area (Å²) in [6.07, 6.45) is 7.42. The van der Waals surface area contributed by atoms with Crippen molar-refractivity contribution in [2.45, 2.75) is 40.0 Å². The standard InChI is InChI=1S/C14H20O2/c1-10(2)8-14(16)9-11(3)12-4-6-13(15)7-5-12/h4,6,8,11-12H,5,7,9H2,1-3H3/t11?,12-/m0/s1.